The average molecular weight is 448 g/mol. The van der Waals surface area contributed by atoms with Crippen molar-refractivity contribution in [2.45, 2.75) is 30.5 Å². The smallest absolute Gasteiger partial charge is 0.387 e. The first-order chi connectivity index (χ1) is 13.9. The predicted molar refractivity (Wildman–Crippen MR) is 101 cm³/mol. The number of nitrogens with zero attached hydrogens (tertiary/aromatic N) is 3. The van der Waals surface area contributed by atoms with Crippen LogP contribution in [-0.2, 0) is 16.4 Å². The fourth-order valence-corrected chi connectivity index (χ4v) is 3.89. The molecule has 0 aromatic carbocycles. The highest BCUT2D eigenvalue weighted by Gasteiger charge is 2.57. The second-order valence-corrected chi connectivity index (χ2v) is 8.75. The molecule has 0 aliphatic carbocycles. The van der Waals surface area contributed by atoms with Crippen LogP contribution in [0.3, 0.4) is 0 Å². The maximum absolute atomic E-state index is 13.4. The molecule has 0 radical (unpaired) electrons. The lowest BCUT2D eigenvalue weighted by atomic mass is 10.2. The number of fused-ring (bicyclic) bond motifs is 1. The van der Waals surface area contributed by atoms with Crippen molar-refractivity contribution in [1.82, 2.24) is 14.5 Å². The highest BCUT2D eigenvalue weighted by atomic mass is 32.2. The Morgan fingerprint density at radius 2 is 1.80 bits per heavy atom. The lowest BCUT2D eigenvalue weighted by molar-refractivity contribution is -0.286. The van der Waals surface area contributed by atoms with Gasteiger partial charge < -0.3 is 9.88 Å². The fourth-order valence-electron chi connectivity index (χ4n) is 2.82. The van der Waals surface area contributed by atoms with Gasteiger partial charge in [-0.2, -0.15) is 22.0 Å². The SMILES string of the molecule is CCS(=O)(=O)c1cc(NC)cnc1-c1cc2ccn(CC(F)(F)C(F)(F)F)c2cn1. The fraction of sp³-hybridized carbons (Fsp3) is 0.333. The zero-order chi connectivity index (χ0) is 22.3. The normalized spacial score (nSPS) is 13.0. The molecule has 0 bridgehead atoms. The van der Waals surface area contributed by atoms with E-state index in [0.717, 1.165) is 17.0 Å². The molecule has 0 amide bonds. The first-order valence-electron chi connectivity index (χ1n) is 8.70. The molecule has 0 saturated heterocycles. The van der Waals surface area contributed by atoms with Crippen LogP contribution in [0.1, 0.15) is 6.92 Å². The van der Waals surface area contributed by atoms with E-state index in [2.05, 4.69) is 15.3 Å². The number of hydrogen-bond donors (Lipinski definition) is 1. The van der Waals surface area contributed by atoms with E-state index in [0.29, 0.717) is 11.1 Å². The van der Waals surface area contributed by atoms with Gasteiger partial charge in [0.1, 0.15) is 5.69 Å². The lowest BCUT2D eigenvalue weighted by Gasteiger charge is -2.20. The summed E-state index contributed by atoms with van der Waals surface area (Å²) in [6.07, 6.45) is -2.06. The van der Waals surface area contributed by atoms with E-state index in [1.807, 2.05) is 0 Å². The standard InChI is InChI=1S/C18H17F5N4O2S/c1-3-30(28,29)15-7-12(24-2)8-26-16(15)13-6-11-4-5-27(14(11)9-25-13)10-17(19,20)18(21,22)23/h4-9,24H,3,10H2,1-2H3. The molecule has 0 spiro atoms. The van der Waals surface area contributed by atoms with Crippen LogP contribution in [-0.4, -0.2) is 47.9 Å². The van der Waals surface area contributed by atoms with Gasteiger partial charge >= 0.3 is 12.1 Å². The molecule has 12 heteroatoms. The number of pyridine rings is 2. The summed E-state index contributed by atoms with van der Waals surface area (Å²) in [6, 6.07) is 4.15. The van der Waals surface area contributed by atoms with E-state index in [1.165, 1.54) is 31.3 Å². The van der Waals surface area contributed by atoms with Crippen LogP contribution >= 0.6 is 0 Å². The molecule has 1 N–H and O–H groups in total. The van der Waals surface area contributed by atoms with Crippen molar-refractivity contribution >= 4 is 26.4 Å². The van der Waals surface area contributed by atoms with Gasteiger partial charge in [-0.1, -0.05) is 6.92 Å². The third-order valence-electron chi connectivity index (χ3n) is 4.54. The maximum Gasteiger partial charge on any atom is 0.455 e. The van der Waals surface area contributed by atoms with Gasteiger partial charge in [0.15, 0.2) is 9.84 Å². The van der Waals surface area contributed by atoms with Gasteiger partial charge in [0.05, 0.1) is 46.5 Å². The summed E-state index contributed by atoms with van der Waals surface area (Å²) >= 11 is 0. The van der Waals surface area contributed by atoms with Gasteiger partial charge in [0, 0.05) is 18.6 Å². The van der Waals surface area contributed by atoms with Crippen molar-refractivity contribution in [3.8, 4) is 11.4 Å². The van der Waals surface area contributed by atoms with Crippen LogP contribution in [0.25, 0.3) is 22.3 Å². The first-order valence-corrected chi connectivity index (χ1v) is 10.3. The Balaban J connectivity index is 2.08. The molecular formula is C18H17F5N4O2S. The minimum absolute atomic E-state index is 0.0504. The lowest BCUT2D eigenvalue weighted by Crippen LogP contribution is -2.40. The Morgan fingerprint density at radius 1 is 1.10 bits per heavy atom. The summed E-state index contributed by atoms with van der Waals surface area (Å²) < 4.78 is 90.1. The van der Waals surface area contributed by atoms with Gasteiger partial charge in [-0.15, -0.1) is 0 Å². The summed E-state index contributed by atoms with van der Waals surface area (Å²) in [6.45, 7) is -0.117. The second-order valence-electron chi connectivity index (χ2n) is 6.50. The van der Waals surface area contributed by atoms with Crippen molar-refractivity contribution in [3.63, 3.8) is 0 Å². The van der Waals surface area contributed by atoms with E-state index in [4.69, 9.17) is 0 Å². The third-order valence-corrected chi connectivity index (χ3v) is 6.28. The molecule has 3 aromatic heterocycles. The minimum Gasteiger partial charge on any atom is -0.387 e. The number of halogens is 5. The molecule has 0 aliphatic heterocycles. The largest absolute Gasteiger partial charge is 0.455 e. The van der Waals surface area contributed by atoms with E-state index in [9.17, 15) is 30.4 Å². The third kappa shape index (κ3) is 3.95. The average Bonchev–Trinajstić information content (AvgIpc) is 3.08. The Bertz CT molecular complexity index is 1190. The summed E-state index contributed by atoms with van der Waals surface area (Å²) in [7, 11) is -2.07. The molecule has 30 heavy (non-hydrogen) atoms. The molecule has 6 nitrogen and oxygen atoms in total. The number of rotatable bonds is 6. The van der Waals surface area contributed by atoms with Crippen molar-refractivity contribution in [1.29, 1.82) is 0 Å². The number of aromatic nitrogens is 3. The van der Waals surface area contributed by atoms with E-state index in [-0.39, 0.29) is 27.6 Å². The quantitative estimate of drug-likeness (QED) is 0.574. The van der Waals surface area contributed by atoms with Crippen molar-refractivity contribution in [2.24, 2.45) is 0 Å². The Labute approximate surface area is 168 Å². The summed E-state index contributed by atoms with van der Waals surface area (Å²) in [5, 5.41) is 3.11. The van der Waals surface area contributed by atoms with Gasteiger partial charge in [-0.25, -0.2) is 8.42 Å². The highest BCUT2D eigenvalue weighted by Crippen LogP contribution is 2.37. The van der Waals surface area contributed by atoms with E-state index >= 15 is 0 Å². The van der Waals surface area contributed by atoms with Gasteiger partial charge in [0.2, 0.25) is 0 Å². The van der Waals surface area contributed by atoms with Crippen LogP contribution < -0.4 is 5.32 Å². The van der Waals surface area contributed by atoms with Crippen LogP contribution in [0.5, 0.6) is 0 Å². The molecule has 162 valence electrons. The zero-order valence-corrected chi connectivity index (χ0v) is 16.7. The molecule has 0 atom stereocenters. The Morgan fingerprint density at radius 3 is 2.40 bits per heavy atom. The molecule has 3 rings (SSSR count). The molecular weight excluding hydrogens is 431 g/mol. The summed E-state index contributed by atoms with van der Waals surface area (Å²) in [5.41, 5.74) is 0.727. The van der Waals surface area contributed by atoms with E-state index in [1.54, 1.807) is 7.05 Å². The van der Waals surface area contributed by atoms with Crippen molar-refractivity contribution in [3.05, 3.63) is 36.8 Å². The molecule has 0 saturated carbocycles. The minimum atomic E-state index is -5.68. The summed E-state index contributed by atoms with van der Waals surface area (Å²) in [4.78, 5) is 8.17. The van der Waals surface area contributed by atoms with Gasteiger partial charge in [-0.05, 0) is 18.2 Å². The first kappa shape index (κ1) is 21.9. The molecule has 0 unspecified atom stereocenters. The second kappa shape index (κ2) is 7.49. The van der Waals surface area contributed by atoms with Crippen molar-refractivity contribution in [2.75, 3.05) is 18.1 Å². The number of sulfone groups is 1. The van der Waals surface area contributed by atoms with E-state index < -0.39 is 28.5 Å². The van der Waals surface area contributed by atoms with Gasteiger partial charge in [0.25, 0.3) is 0 Å². The number of alkyl halides is 5. The molecule has 3 heterocycles. The number of hydrogen-bond acceptors (Lipinski definition) is 5. The highest BCUT2D eigenvalue weighted by molar-refractivity contribution is 7.91. The van der Waals surface area contributed by atoms with Crippen LogP contribution in [0.15, 0.2) is 41.7 Å². The van der Waals surface area contributed by atoms with Gasteiger partial charge in [-0.3, -0.25) is 9.97 Å². The van der Waals surface area contributed by atoms with Crippen LogP contribution in [0, 0.1) is 0 Å². The molecule has 0 fully saturated rings. The molecule has 3 aromatic rings. The summed E-state index contributed by atoms with van der Waals surface area (Å²) in [5.74, 6) is -5.09. The topological polar surface area (TPSA) is 76.9 Å². The Hall–Kier alpha value is -2.76. The van der Waals surface area contributed by atoms with Crippen LogP contribution in [0.4, 0.5) is 27.6 Å². The number of nitrogens with one attached hydrogen (secondary N) is 1. The number of anilines is 1. The maximum atomic E-state index is 13.4. The van der Waals surface area contributed by atoms with Crippen molar-refractivity contribution < 1.29 is 30.4 Å². The zero-order valence-electron chi connectivity index (χ0n) is 15.8. The van der Waals surface area contributed by atoms with Crippen LogP contribution in [0.2, 0.25) is 0 Å². The predicted octanol–water partition coefficient (Wildman–Crippen LogP) is 4.13. The Kier molecular flexibility index (Phi) is 5.48. The molecule has 0 aliphatic rings. The monoisotopic (exact) mass is 448 g/mol.